The largest absolute Gasteiger partial charge is 0.292 e. The zero-order chi connectivity index (χ0) is 13.9. The first-order chi connectivity index (χ1) is 9.03. The molecule has 1 nitrogen and oxygen atoms in total. The van der Waals surface area contributed by atoms with Crippen LogP contribution in [0, 0.1) is 0 Å². The molecular weight excluding hydrogens is 279 g/mol. The highest BCUT2D eigenvalue weighted by Crippen LogP contribution is 2.39. The number of hydrogen-bond acceptors (Lipinski definition) is 1. The summed E-state index contributed by atoms with van der Waals surface area (Å²) >= 11 is 12.8. The van der Waals surface area contributed by atoms with Gasteiger partial charge in [-0.25, -0.2) is 0 Å². The van der Waals surface area contributed by atoms with Crippen LogP contribution in [0.1, 0.15) is 28.2 Å². The van der Waals surface area contributed by atoms with Crippen LogP contribution >= 0.6 is 23.2 Å². The van der Waals surface area contributed by atoms with E-state index in [1.807, 2.05) is 48.5 Å². The Morgan fingerprint density at radius 2 is 1.47 bits per heavy atom. The molecule has 0 aromatic heterocycles. The fourth-order valence-corrected chi connectivity index (χ4v) is 2.40. The zero-order valence-corrected chi connectivity index (χ0v) is 12.0. The van der Waals surface area contributed by atoms with Crippen LogP contribution in [0.4, 0.5) is 0 Å². The van der Waals surface area contributed by atoms with Gasteiger partial charge in [-0.2, -0.15) is 0 Å². The van der Waals surface area contributed by atoms with Gasteiger partial charge < -0.3 is 0 Å². The molecule has 98 valence electrons. The van der Waals surface area contributed by atoms with Crippen molar-refractivity contribution < 1.29 is 4.79 Å². The van der Waals surface area contributed by atoms with Crippen LogP contribution in [0.15, 0.2) is 60.7 Å². The minimum Gasteiger partial charge on any atom is -0.292 e. The van der Waals surface area contributed by atoms with Crippen LogP contribution in [0.25, 0.3) is 0 Å². The fourth-order valence-electron chi connectivity index (χ4n) is 1.92. The molecule has 0 aliphatic carbocycles. The molecule has 0 N–H and O–H groups in total. The molecule has 0 amide bonds. The van der Waals surface area contributed by atoms with E-state index in [4.69, 9.17) is 23.2 Å². The van der Waals surface area contributed by atoms with Gasteiger partial charge in [0.25, 0.3) is 0 Å². The summed E-state index contributed by atoms with van der Waals surface area (Å²) in [6, 6.07) is 18.4. The molecule has 0 bridgehead atoms. The second-order valence-corrected chi connectivity index (χ2v) is 5.77. The highest BCUT2D eigenvalue weighted by molar-refractivity contribution is 6.43. The molecule has 0 aliphatic heterocycles. The molecule has 2 rings (SSSR count). The van der Waals surface area contributed by atoms with Gasteiger partial charge in [-0.3, -0.25) is 4.79 Å². The Morgan fingerprint density at radius 3 is 2.00 bits per heavy atom. The molecule has 2 atom stereocenters. The van der Waals surface area contributed by atoms with Gasteiger partial charge in [-0.05, 0) is 12.5 Å². The summed E-state index contributed by atoms with van der Waals surface area (Å²) in [4.78, 5) is 11.3. The third-order valence-electron chi connectivity index (χ3n) is 3.05. The van der Waals surface area contributed by atoms with Gasteiger partial charge >= 0.3 is 0 Å². The van der Waals surface area contributed by atoms with Gasteiger partial charge in [0, 0.05) is 5.56 Å². The second kappa shape index (κ2) is 5.77. The van der Waals surface area contributed by atoms with E-state index in [9.17, 15) is 4.79 Å². The van der Waals surface area contributed by atoms with Crippen molar-refractivity contribution >= 4 is 29.0 Å². The van der Waals surface area contributed by atoms with E-state index in [1.165, 1.54) is 0 Å². The topological polar surface area (TPSA) is 17.1 Å². The number of ketones is 1. The van der Waals surface area contributed by atoms with Crippen molar-refractivity contribution in [3.8, 4) is 0 Å². The first-order valence-electron chi connectivity index (χ1n) is 6.01. The Labute approximate surface area is 123 Å². The van der Waals surface area contributed by atoms with Crippen molar-refractivity contribution in [1.29, 1.82) is 0 Å². The molecule has 0 saturated heterocycles. The van der Waals surface area contributed by atoms with Gasteiger partial charge in [0.15, 0.2) is 5.78 Å². The average molecular weight is 293 g/mol. The van der Waals surface area contributed by atoms with Gasteiger partial charge in [0.2, 0.25) is 0 Å². The number of benzene rings is 2. The molecule has 0 fully saturated rings. The fraction of sp³-hybridized carbons (Fsp3) is 0.188. The third-order valence-corrected chi connectivity index (χ3v) is 4.24. The predicted octanol–water partition coefficient (Wildman–Crippen LogP) is 4.85. The Hall–Kier alpha value is -1.31. The van der Waals surface area contributed by atoms with E-state index in [2.05, 4.69) is 0 Å². The minimum atomic E-state index is -1.18. The van der Waals surface area contributed by atoms with Gasteiger partial charge in [-0.1, -0.05) is 60.7 Å². The number of carbonyl (C=O) groups excluding carboxylic acids is 1. The van der Waals surface area contributed by atoms with Crippen LogP contribution in [-0.4, -0.2) is 10.7 Å². The van der Waals surface area contributed by atoms with E-state index in [1.54, 1.807) is 19.1 Å². The summed E-state index contributed by atoms with van der Waals surface area (Å²) in [6.45, 7) is 1.66. The summed E-state index contributed by atoms with van der Waals surface area (Å²) in [5, 5.41) is -0.580. The van der Waals surface area contributed by atoms with Crippen molar-refractivity contribution in [1.82, 2.24) is 0 Å². The van der Waals surface area contributed by atoms with Crippen LogP contribution in [0.3, 0.4) is 0 Å². The predicted molar refractivity (Wildman–Crippen MR) is 80.1 cm³/mol. The van der Waals surface area contributed by atoms with Crippen molar-refractivity contribution in [2.24, 2.45) is 0 Å². The van der Waals surface area contributed by atoms with E-state index in [-0.39, 0.29) is 5.78 Å². The van der Waals surface area contributed by atoms with Crippen molar-refractivity contribution in [2.75, 3.05) is 0 Å². The lowest BCUT2D eigenvalue weighted by Gasteiger charge is -2.26. The smallest absolute Gasteiger partial charge is 0.185 e. The molecule has 3 heteroatoms. The molecule has 0 radical (unpaired) electrons. The first-order valence-corrected chi connectivity index (χ1v) is 6.82. The third kappa shape index (κ3) is 2.99. The highest BCUT2D eigenvalue weighted by Gasteiger charge is 2.39. The van der Waals surface area contributed by atoms with Crippen LogP contribution < -0.4 is 0 Å². The molecule has 0 unspecified atom stereocenters. The van der Waals surface area contributed by atoms with Gasteiger partial charge in [-0.15, -0.1) is 23.2 Å². The normalized spacial score (nSPS) is 15.5. The van der Waals surface area contributed by atoms with Crippen molar-refractivity contribution in [2.45, 2.75) is 17.2 Å². The highest BCUT2D eigenvalue weighted by atomic mass is 35.5. The maximum Gasteiger partial charge on any atom is 0.185 e. The molecule has 0 aliphatic rings. The maximum absolute atomic E-state index is 12.5. The number of carbonyl (C=O) groups is 1. The van der Waals surface area contributed by atoms with Gasteiger partial charge in [0.1, 0.15) is 4.87 Å². The molecule has 2 aromatic carbocycles. The summed E-state index contributed by atoms with van der Waals surface area (Å²) < 4.78 is 0. The molecule has 0 spiro atoms. The number of alkyl halides is 2. The van der Waals surface area contributed by atoms with Crippen molar-refractivity contribution in [3.63, 3.8) is 0 Å². The number of halogens is 2. The molecular formula is C16H14Cl2O. The maximum atomic E-state index is 12.5. The molecule has 2 aromatic rings. The number of hydrogen-bond donors (Lipinski definition) is 0. The summed E-state index contributed by atoms with van der Waals surface area (Å²) in [5.74, 6) is -0.168. The van der Waals surface area contributed by atoms with Crippen molar-refractivity contribution in [3.05, 3.63) is 71.8 Å². The van der Waals surface area contributed by atoms with E-state index in [0.29, 0.717) is 5.56 Å². The van der Waals surface area contributed by atoms with Crippen LogP contribution in [0.2, 0.25) is 0 Å². The lowest BCUT2D eigenvalue weighted by Crippen LogP contribution is -2.33. The lowest BCUT2D eigenvalue weighted by atomic mass is 9.91. The number of Topliss-reactive ketones (excluding diaryl/α,β-unsaturated/α-hetero) is 1. The second-order valence-electron chi connectivity index (χ2n) is 4.54. The Bertz CT molecular complexity index is 549. The lowest BCUT2D eigenvalue weighted by molar-refractivity contribution is 0.0944. The average Bonchev–Trinajstić information content (AvgIpc) is 2.47. The summed E-state index contributed by atoms with van der Waals surface area (Å²) in [5.41, 5.74) is 1.41. The summed E-state index contributed by atoms with van der Waals surface area (Å²) in [6.07, 6.45) is 0. The molecule has 19 heavy (non-hydrogen) atoms. The summed E-state index contributed by atoms with van der Waals surface area (Å²) in [7, 11) is 0. The number of rotatable bonds is 4. The quantitative estimate of drug-likeness (QED) is 0.582. The van der Waals surface area contributed by atoms with E-state index in [0.717, 1.165) is 5.56 Å². The van der Waals surface area contributed by atoms with E-state index < -0.39 is 10.3 Å². The minimum absolute atomic E-state index is 0.168. The van der Waals surface area contributed by atoms with Crippen LogP contribution in [-0.2, 0) is 0 Å². The SMILES string of the molecule is C[C@](Cl)(C(=O)c1ccccc1)[C@@H](Cl)c1ccccc1. The zero-order valence-electron chi connectivity index (χ0n) is 10.5. The standard InChI is InChI=1S/C16H14Cl2O/c1-16(18,14(17)12-8-4-2-5-9-12)15(19)13-10-6-3-7-11-13/h2-11,14H,1H3/t14-,16+/m0/s1. The monoisotopic (exact) mass is 292 g/mol. The Kier molecular flexibility index (Phi) is 4.28. The first kappa shape index (κ1) is 14.1. The van der Waals surface area contributed by atoms with Crippen LogP contribution in [0.5, 0.6) is 0 Å². The Balaban J connectivity index is 2.30. The molecule has 0 heterocycles. The molecule has 0 saturated carbocycles. The van der Waals surface area contributed by atoms with Gasteiger partial charge in [0.05, 0.1) is 5.38 Å². The Morgan fingerprint density at radius 1 is 1.00 bits per heavy atom. The van der Waals surface area contributed by atoms with E-state index >= 15 is 0 Å².